The van der Waals surface area contributed by atoms with Crippen LogP contribution in [0.4, 0.5) is 11.8 Å². The zero-order valence-corrected chi connectivity index (χ0v) is 6.84. The van der Waals surface area contributed by atoms with Crippen LogP contribution in [-0.4, -0.2) is 29.3 Å². The fourth-order valence-electron chi connectivity index (χ4n) is 0.722. The molecule has 11 heavy (non-hydrogen) atoms. The Bertz CT molecular complexity index is 247. The van der Waals surface area contributed by atoms with Gasteiger partial charge in [0.1, 0.15) is 5.69 Å². The summed E-state index contributed by atoms with van der Waals surface area (Å²) >= 11 is 0. The van der Waals surface area contributed by atoms with Crippen LogP contribution in [0.1, 0.15) is 5.69 Å². The van der Waals surface area contributed by atoms with Crippen molar-refractivity contribution in [3.05, 3.63) is 5.69 Å². The molecule has 1 aromatic heterocycles. The topological polar surface area (TPSA) is 62.7 Å². The molecule has 0 unspecified atom stereocenters. The normalized spacial score (nSPS) is 9.36. The highest BCUT2D eigenvalue weighted by atomic mass is 15.3. The minimum atomic E-state index is 0.528. The zero-order chi connectivity index (χ0) is 8.27. The molecule has 0 amide bonds. The number of nitrogens with zero attached hydrogens (tertiary/aromatic N) is 3. The lowest BCUT2D eigenvalue weighted by Gasteiger charge is -2.03. The molecular formula is C6H11N5. The van der Waals surface area contributed by atoms with E-state index in [1.807, 2.05) is 6.92 Å². The highest BCUT2D eigenvalue weighted by Crippen LogP contribution is 2.07. The molecule has 60 valence electrons. The fraction of sp³-hybridized carbons (Fsp3) is 0.500. The van der Waals surface area contributed by atoms with Gasteiger partial charge in [0.2, 0.25) is 5.95 Å². The van der Waals surface area contributed by atoms with Gasteiger partial charge < -0.3 is 10.6 Å². The SMILES string of the molecule is CNc1nnc(C)c(NC)n1. The van der Waals surface area contributed by atoms with Crippen molar-refractivity contribution < 1.29 is 0 Å². The van der Waals surface area contributed by atoms with E-state index in [-0.39, 0.29) is 0 Å². The van der Waals surface area contributed by atoms with Crippen LogP contribution in [0, 0.1) is 6.92 Å². The van der Waals surface area contributed by atoms with E-state index in [4.69, 9.17) is 0 Å². The standard InChI is InChI=1S/C6H11N5/c1-4-5(7-2)9-6(8-3)11-10-4/h1-3H3,(H2,7,8,9,11). The van der Waals surface area contributed by atoms with E-state index in [2.05, 4.69) is 25.8 Å². The summed E-state index contributed by atoms with van der Waals surface area (Å²) in [6, 6.07) is 0. The Balaban J connectivity index is 3.02. The van der Waals surface area contributed by atoms with Crippen LogP contribution in [0.5, 0.6) is 0 Å². The predicted molar refractivity (Wildman–Crippen MR) is 43.7 cm³/mol. The average Bonchev–Trinajstić information content (AvgIpc) is 2.05. The summed E-state index contributed by atoms with van der Waals surface area (Å²) in [7, 11) is 3.56. The largest absolute Gasteiger partial charge is 0.371 e. The minimum Gasteiger partial charge on any atom is -0.371 e. The van der Waals surface area contributed by atoms with Gasteiger partial charge in [0, 0.05) is 14.1 Å². The van der Waals surface area contributed by atoms with Gasteiger partial charge >= 0.3 is 0 Å². The van der Waals surface area contributed by atoms with Crippen molar-refractivity contribution in [2.45, 2.75) is 6.92 Å². The molecule has 0 aromatic carbocycles. The van der Waals surface area contributed by atoms with E-state index in [0.29, 0.717) is 5.95 Å². The second kappa shape index (κ2) is 3.14. The number of hydrogen-bond acceptors (Lipinski definition) is 5. The summed E-state index contributed by atoms with van der Waals surface area (Å²) in [5.41, 5.74) is 0.798. The number of aromatic nitrogens is 3. The van der Waals surface area contributed by atoms with Crippen molar-refractivity contribution in [1.29, 1.82) is 0 Å². The highest BCUT2D eigenvalue weighted by Gasteiger charge is 2.00. The lowest BCUT2D eigenvalue weighted by atomic mass is 10.5. The summed E-state index contributed by atoms with van der Waals surface area (Å²) in [6.07, 6.45) is 0. The lowest BCUT2D eigenvalue weighted by molar-refractivity contribution is 0.933. The fourth-order valence-corrected chi connectivity index (χ4v) is 0.722. The first-order valence-electron chi connectivity index (χ1n) is 3.34. The molecular weight excluding hydrogens is 142 g/mol. The van der Waals surface area contributed by atoms with E-state index >= 15 is 0 Å². The molecule has 0 bridgehead atoms. The van der Waals surface area contributed by atoms with Gasteiger partial charge in [-0.3, -0.25) is 0 Å². The Hall–Kier alpha value is -1.39. The molecule has 0 aliphatic rings. The van der Waals surface area contributed by atoms with Crippen LogP contribution in [-0.2, 0) is 0 Å². The van der Waals surface area contributed by atoms with Crippen LogP contribution >= 0.6 is 0 Å². The molecule has 1 heterocycles. The summed E-state index contributed by atoms with van der Waals surface area (Å²) in [5.74, 6) is 1.28. The van der Waals surface area contributed by atoms with Gasteiger partial charge in [0.25, 0.3) is 0 Å². The molecule has 2 N–H and O–H groups in total. The molecule has 1 rings (SSSR count). The monoisotopic (exact) mass is 153 g/mol. The Morgan fingerprint density at radius 3 is 2.36 bits per heavy atom. The van der Waals surface area contributed by atoms with Crippen molar-refractivity contribution in [2.24, 2.45) is 0 Å². The quantitative estimate of drug-likeness (QED) is 0.638. The molecule has 0 fully saturated rings. The van der Waals surface area contributed by atoms with Crippen molar-refractivity contribution in [3.63, 3.8) is 0 Å². The van der Waals surface area contributed by atoms with Gasteiger partial charge in [0.15, 0.2) is 5.82 Å². The van der Waals surface area contributed by atoms with Gasteiger partial charge in [-0.25, -0.2) is 0 Å². The summed E-state index contributed by atoms with van der Waals surface area (Å²) in [4.78, 5) is 4.11. The smallest absolute Gasteiger partial charge is 0.244 e. The summed E-state index contributed by atoms with van der Waals surface area (Å²) in [6.45, 7) is 1.85. The number of nitrogens with one attached hydrogen (secondary N) is 2. The van der Waals surface area contributed by atoms with Gasteiger partial charge in [0.05, 0.1) is 0 Å². The van der Waals surface area contributed by atoms with Crippen molar-refractivity contribution in [2.75, 3.05) is 24.7 Å². The van der Waals surface area contributed by atoms with Crippen LogP contribution in [0.25, 0.3) is 0 Å². The van der Waals surface area contributed by atoms with Crippen LogP contribution in [0.15, 0.2) is 0 Å². The third kappa shape index (κ3) is 1.54. The number of anilines is 2. The second-order valence-electron chi connectivity index (χ2n) is 2.07. The van der Waals surface area contributed by atoms with Gasteiger partial charge in [-0.15, -0.1) is 10.2 Å². The molecule has 0 saturated carbocycles. The molecule has 0 radical (unpaired) electrons. The molecule has 0 spiro atoms. The maximum Gasteiger partial charge on any atom is 0.244 e. The first kappa shape index (κ1) is 7.71. The zero-order valence-electron chi connectivity index (χ0n) is 6.84. The summed E-state index contributed by atoms with van der Waals surface area (Å²) in [5, 5.41) is 13.4. The van der Waals surface area contributed by atoms with Gasteiger partial charge in [-0.2, -0.15) is 4.98 Å². The Morgan fingerprint density at radius 1 is 1.09 bits per heavy atom. The summed E-state index contributed by atoms with van der Waals surface area (Å²) < 4.78 is 0. The van der Waals surface area contributed by atoms with E-state index < -0.39 is 0 Å². The average molecular weight is 153 g/mol. The first-order valence-corrected chi connectivity index (χ1v) is 3.34. The number of hydrogen-bond donors (Lipinski definition) is 2. The lowest BCUT2D eigenvalue weighted by Crippen LogP contribution is -2.04. The van der Waals surface area contributed by atoms with E-state index in [1.54, 1.807) is 14.1 Å². The van der Waals surface area contributed by atoms with Gasteiger partial charge in [-0.1, -0.05) is 0 Å². The van der Waals surface area contributed by atoms with Crippen molar-refractivity contribution in [3.8, 4) is 0 Å². The Labute approximate surface area is 65.3 Å². The van der Waals surface area contributed by atoms with E-state index in [9.17, 15) is 0 Å². The molecule has 0 aliphatic heterocycles. The van der Waals surface area contributed by atoms with E-state index in [1.165, 1.54) is 0 Å². The number of aryl methyl sites for hydroxylation is 1. The predicted octanol–water partition coefficient (Wildman–Crippen LogP) is 0.263. The molecule has 0 atom stereocenters. The number of rotatable bonds is 2. The third-order valence-electron chi connectivity index (χ3n) is 1.32. The Morgan fingerprint density at radius 2 is 1.82 bits per heavy atom. The van der Waals surface area contributed by atoms with Crippen LogP contribution in [0.2, 0.25) is 0 Å². The molecule has 5 heteroatoms. The van der Waals surface area contributed by atoms with Gasteiger partial charge in [-0.05, 0) is 6.92 Å². The van der Waals surface area contributed by atoms with Crippen LogP contribution < -0.4 is 10.6 Å². The maximum absolute atomic E-state index is 4.11. The first-order chi connectivity index (χ1) is 5.27. The molecule has 0 saturated heterocycles. The third-order valence-corrected chi connectivity index (χ3v) is 1.32. The van der Waals surface area contributed by atoms with E-state index in [0.717, 1.165) is 11.5 Å². The molecule has 1 aromatic rings. The second-order valence-corrected chi connectivity index (χ2v) is 2.07. The molecule has 5 nitrogen and oxygen atoms in total. The van der Waals surface area contributed by atoms with Crippen molar-refractivity contribution >= 4 is 11.8 Å². The Kier molecular flexibility index (Phi) is 2.20. The maximum atomic E-state index is 4.11. The minimum absolute atomic E-state index is 0.528. The molecule has 0 aliphatic carbocycles. The highest BCUT2D eigenvalue weighted by molar-refractivity contribution is 5.41. The van der Waals surface area contributed by atoms with Crippen molar-refractivity contribution in [1.82, 2.24) is 15.2 Å². The van der Waals surface area contributed by atoms with Crippen LogP contribution in [0.3, 0.4) is 0 Å².